The zero-order valence-corrected chi connectivity index (χ0v) is 18.6. The number of rotatable bonds is 6. The van der Waals surface area contributed by atoms with E-state index in [0.717, 1.165) is 17.2 Å². The molecule has 174 valence electrons. The van der Waals surface area contributed by atoms with Gasteiger partial charge in [0, 0.05) is 23.7 Å². The Kier molecular flexibility index (Phi) is 6.29. The number of halogens is 3. The molecular formula is C23H22F3N3O3S. The summed E-state index contributed by atoms with van der Waals surface area (Å²) >= 11 is 0. The van der Waals surface area contributed by atoms with E-state index in [4.69, 9.17) is 4.74 Å². The van der Waals surface area contributed by atoms with Gasteiger partial charge in [0.25, 0.3) is 10.0 Å². The fourth-order valence-electron chi connectivity index (χ4n) is 4.02. The van der Waals surface area contributed by atoms with Crippen molar-refractivity contribution in [1.29, 1.82) is 0 Å². The number of fused-ring (bicyclic) bond motifs is 1. The van der Waals surface area contributed by atoms with E-state index >= 15 is 0 Å². The zero-order chi connectivity index (χ0) is 23.6. The molecule has 6 nitrogen and oxygen atoms in total. The number of ether oxygens (including phenoxy) is 1. The van der Waals surface area contributed by atoms with E-state index in [0.29, 0.717) is 37.2 Å². The number of anilines is 1. The Morgan fingerprint density at radius 3 is 2.61 bits per heavy atom. The van der Waals surface area contributed by atoms with Crippen LogP contribution in [-0.2, 0) is 22.6 Å². The van der Waals surface area contributed by atoms with Crippen molar-refractivity contribution >= 4 is 15.8 Å². The number of alkyl halides is 3. The molecule has 33 heavy (non-hydrogen) atoms. The second kappa shape index (κ2) is 9.01. The van der Waals surface area contributed by atoms with Crippen LogP contribution < -0.4 is 9.46 Å². The van der Waals surface area contributed by atoms with Crippen molar-refractivity contribution in [2.75, 3.05) is 11.3 Å². The summed E-state index contributed by atoms with van der Waals surface area (Å²) in [6, 6.07) is 11.5. The maximum Gasteiger partial charge on any atom is 0.416 e. The van der Waals surface area contributed by atoms with Gasteiger partial charge in [0.1, 0.15) is 5.75 Å². The van der Waals surface area contributed by atoms with Crippen LogP contribution in [-0.4, -0.2) is 25.2 Å². The van der Waals surface area contributed by atoms with Gasteiger partial charge in [-0.15, -0.1) is 5.10 Å². The van der Waals surface area contributed by atoms with Crippen LogP contribution >= 0.6 is 0 Å². The van der Waals surface area contributed by atoms with Crippen molar-refractivity contribution in [2.45, 2.75) is 43.2 Å². The van der Waals surface area contributed by atoms with E-state index in [1.165, 1.54) is 36.5 Å². The zero-order valence-electron chi connectivity index (χ0n) is 17.8. The molecule has 4 rings (SSSR count). The minimum Gasteiger partial charge on any atom is -0.493 e. The summed E-state index contributed by atoms with van der Waals surface area (Å²) in [6.45, 7) is 2.24. The molecule has 2 aromatic carbocycles. The number of nitrogens with one attached hydrogen (secondary N) is 1. The fourth-order valence-corrected chi connectivity index (χ4v) is 5.03. The largest absolute Gasteiger partial charge is 0.493 e. The Balaban J connectivity index is 1.69. The topological polar surface area (TPSA) is 81.2 Å². The molecule has 3 aromatic rings. The van der Waals surface area contributed by atoms with Gasteiger partial charge in [-0.25, -0.2) is 8.42 Å². The molecule has 0 spiro atoms. The summed E-state index contributed by atoms with van der Waals surface area (Å²) in [7, 11) is -3.93. The van der Waals surface area contributed by atoms with Gasteiger partial charge in [-0.05, 0) is 54.3 Å². The SMILES string of the molecule is CCCc1cc(C(F)(F)F)ccc1[C@@H]1CCOc2cc(S(=O)(=O)Nc3cccnn3)ccc21. The van der Waals surface area contributed by atoms with Crippen molar-refractivity contribution in [3.63, 3.8) is 0 Å². The fraction of sp³-hybridized carbons (Fsp3) is 0.304. The molecule has 1 aliphatic heterocycles. The lowest BCUT2D eigenvalue weighted by molar-refractivity contribution is -0.137. The molecule has 0 amide bonds. The molecule has 10 heteroatoms. The Labute approximate surface area is 189 Å². The minimum atomic E-state index is -4.41. The van der Waals surface area contributed by atoms with Gasteiger partial charge >= 0.3 is 6.18 Å². The van der Waals surface area contributed by atoms with E-state index in [1.807, 2.05) is 6.92 Å². The highest BCUT2D eigenvalue weighted by molar-refractivity contribution is 7.92. The predicted octanol–water partition coefficient (Wildman–Crippen LogP) is 5.16. The summed E-state index contributed by atoms with van der Waals surface area (Å²) in [5.41, 5.74) is 1.53. The van der Waals surface area contributed by atoms with Crippen LogP contribution in [0.25, 0.3) is 0 Å². The number of benzene rings is 2. The lowest BCUT2D eigenvalue weighted by Gasteiger charge is -2.28. The molecule has 0 bridgehead atoms. The maximum atomic E-state index is 13.2. The second-order valence-electron chi connectivity index (χ2n) is 7.77. The van der Waals surface area contributed by atoms with Crippen molar-refractivity contribution < 1.29 is 26.3 Å². The van der Waals surface area contributed by atoms with Crippen molar-refractivity contribution in [2.24, 2.45) is 0 Å². The number of sulfonamides is 1. The van der Waals surface area contributed by atoms with Gasteiger partial charge in [-0.3, -0.25) is 4.72 Å². The van der Waals surface area contributed by atoms with Crippen LogP contribution in [0.2, 0.25) is 0 Å². The van der Waals surface area contributed by atoms with Crippen LogP contribution in [0.3, 0.4) is 0 Å². The number of nitrogens with zero attached hydrogens (tertiary/aromatic N) is 2. The highest BCUT2D eigenvalue weighted by Gasteiger charge is 2.33. The first-order valence-corrected chi connectivity index (χ1v) is 11.9. The normalized spacial score (nSPS) is 16.1. The van der Waals surface area contributed by atoms with E-state index in [1.54, 1.807) is 12.1 Å². The lowest BCUT2D eigenvalue weighted by Crippen LogP contribution is -2.19. The van der Waals surface area contributed by atoms with Crippen LogP contribution in [0.4, 0.5) is 19.0 Å². The van der Waals surface area contributed by atoms with Crippen LogP contribution in [0, 0.1) is 0 Å². The number of hydrogen-bond donors (Lipinski definition) is 1. The van der Waals surface area contributed by atoms with E-state index in [2.05, 4.69) is 14.9 Å². The van der Waals surface area contributed by atoms with Gasteiger partial charge in [0.2, 0.25) is 0 Å². The van der Waals surface area contributed by atoms with E-state index < -0.39 is 21.8 Å². The van der Waals surface area contributed by atoms with Crippen molar-refractivity contribution in [3.05, 3.63) is 77.0 Å². The summed E-state index contributed by atoms with van der Waals surface area (Å²) in [4.78, 5) is -0.00578. The van der Waals surface area contributed by atoms with Crippen LogP contribution in [0.5, 0.6) is 5.75 Å². The van der Waals surface area contributed by atoms with Gasteiger partial charge in [-0.2, -0.15) is 18.3 Å². The molecule has 0 radical (unpaired) electrons. The molecule has 0 unspecified atom stereocenters. The minimum absolute atomic E-state index is 0.00578. The first kappa shape index (κ1) is 23.0. The average Bonchev–Trinajstić information content (AvgIpc) is 2.78. The van der Waals surface area contributed by atoms with Crippen LogP contribution in [0.1, 0.15) is 47.9 Å². The standard InChI is InChI=1S/C23H22F3N3O3S/c1-2-4-15-13-16(23(24,25)26)6-8-18(15)19-10-12-32-21-14-17(7-9-20(19)21)33(30,31)29-22-5-3-11-27-28-22/h3,5-9,11,13-14,19H,2,4,10,12H2,1H3,(H,28,29)/t19-/m0/s1. The molecule has 0 saturated carbocycles. The predicted molar refractivity (Wildman–Crippen MR) is 117 cm³/mol. The van der Waals surface area contributed by atoms with Gasteiger partial charge < -0.3 is 4.74 Å². The van der Waals surface area contributed by atoms with Crippen LogP contribution in [0.15, 0.2) is 59.6 Å². The highest BCUT2D eigenvalue weighted by Crippen LogP contribution is 2.42. The Hall–Kier alpha value is -3.14. The summed E-state index contributed by atoms with van der Waals surface area (Å²) in [5.74, 6) is 0.292. The molecule has 1 atom stereocenters. The second-order valence-corrected chi connectivity index (χ2v) is 9.45. The summed E-state index contributed by atoms with van der Waals surface area (Å²) in [5, 5.41) is 7.38. The monoisotopic (exact) mass is 477 g/mol. The summed E-state index contributed by atoms with van der Waals surface area (Å²) < 4.78 is 73.4. The van der Waals surface area contributed by atoms with Gasteiger partial charge in [-0.1, -0.05) is 25.5 Å². The number of hydrogen-bond acceptors (Lipinski definition) is 5. The molecule has 0 fully saturated rings. The molecule has 1 aliphatic rings. The van der Waals surface area contributed by atoms with Crippen molar-refractivity contribution in [1.82, 2.24) is 10.2 Å². The molecule has 1 N–H and O–H groups in total. The molecular weight excluding hydrogens is 455 g/mol. The molecule has 0 saturated heterocycles. The summed E-state index contributed by atoms with van der Waals surface area (Å²) in [6.07, 6.45) is -1.18. The maximum absolute atomic E-state index is 13.2. The van der Waals surface area contributed by atoms with Gasteiger partial charge in [0.05, 0.1) is 17.1 Å². The van der Waals surface area contributed by atoms with Gasteiger partial charge in [0.15, 0.2) is 5.82 Å². The van der Waals surface area contributed by atoms with E-state index in [9.17, 15) is 21.6 Å². The molecule has 0 aliphatic carbocycles. The average molecular weight is 478 g/mol. The van der Waals surface area contributed by atoms with E-state index in [-0.39, 0.29) is 16.6 Å². The Morgan fingerprint density at radius 1 is 1.12 bits per heavy atom. The third-order valence-corrected chi connectivity index (χ3v) is 6.86. The molecule has 1 aromatic heterocycles. The number of aryl methyl sites for hydroxylation is 1. The Bertz CT molecular complexity index is 1250. The van der Waals surface area contributed by atoms with Crippen molar-refractivity contribution in [3.8, 4) is 5.75 Å². The number of aromatic nitrogens is 2. The first-order chi connectivity index (χ1) is 15.7. The third-order valence-electron chi connectivity index (χ3n) is 5.51. The lowest BCUT2D eigenvalue weighted by atomic mass is 9.82. The Morgan fingerprint density at radius 2 is 1.91 bits per heavy atom. The third kappa shape index (κ3) is 4.95. The highest BCUT2D eigenvalue weighted by atomic mass is 32.2. The molecule has 2 heterocycles. The first-order valence-electron chi connectivity index (χ1n) is 10.5. The smallest absolute Gasteiger partial charge is 0.416 e. The quantitative estimate of drug-likeness (QED) is 0.530.